The van der Waals surface area contributed by atoms with E-state index in [1.165, 1.54) is 0 Å². The van der Waals surface area contributed by atoms with Gasteiger partial charge in [0.25, 0.3) is 0 Å². The Morgan fingerprint density at radius 2 is 2.19 bits per heavy atom. The number of nitrogens with two attached hydrogens (primary N) is 1. The number of nitrogens with one attached hydrogen (secondary N) is 1. The van der Waals surface area contributed by atoms with Crippen LogP contribution in [0.25, 0.3) is 0 Å². The second-order valence-corrected chi connectivity index (χ2v) is 5.73. The summed E-state index contributed by atoms with van der Waals surface area (Å²) in [6.07, 6.45) is 2.17. The normalized spacial score (nSPS) is 18.4. The molecule has 3 N–H and O–H groups in total. The van der Waals surface area contributed by atoms with E-state index in [0.717, 1.165) is 38.2 Å². The van der Waals surface area contributed by atoms with Crippen molar-refractivity contribution in [2.24, 2.45) is 5.92 Å². The molecule has 1 atom stereocenters. The molecular weight excluding hydrogens is 266 g/mol. The lowest BCUT2D eigenvalue weighted by Gasteiger charge is -2.35. The number of carbonyl (C=O) groups is 1. The number of amides is 1. The summed E-state index contributed by atoms with van der Waals surface area (Å²) in [7, 11) is 1.74. The van der Waals surface area contributed by atoms with E-state index in [2.05, 4.69) is 10.2 Å². The van der Waals surface area contributed by atoms with Crippen LogP contribution in [-0.4, -0.2) is 43.7 Å². The van der Waals surface area contributed by atoms with Crippen LogP contribution in [-0.2, 0) is 9.53 Å². The third kappa shape index (κ3) is 4.44. The van der Waals surface area contributed by atoms with Crippen molar-refractivity contribution in [3.8, 4) is 0 Å². The predicted octanol–water partition coefficient (Wildman–Crippen LogP) is 1.95. The number of anilines is 2. The summed E-state index contributed by atoms with van der Waals surface area (Å²) in [6.45, 7) is 4.66. The van der Waals surface area contributed by atoms with Gasteiger partial charge in [0, 0.05) is 25.1 Å². The van der Waals surface area contributed by atoms with E-state index in [4.69, 9.17) is 10.5 Å². The van der Waals surface area contributed by atoms with Crippen molar-refractivity contribution in [2.75, 3.05) is 37.9 Å². The largest absolute Gasteiger partial charge is 0.399 e. The number of hydrogen-bond donors (Lipinski definition) is 2. The van der Waals surface area contributed by atoms with Crippen LogP contribution in [0.1, 0.15) is 19.8 Å². The molecule has 1 fully saturated rings. The maximum atomic E-state index is 12.3. The van der Waals surface area contributed by atoms with Gasteiger partial charge in [0.2, 0.25) is 5.91 Å². The highest BCUT2D eigenvalue weighted by atomic mass is 16.5. The van der Waals surface area contributed by atoms with E-state index in [0.29, 0.717) is 11.6 Å². The van der Waals surface area contributed by atoms with Gasteiger partial charge in [0.15, 0.2) is 0 Å². The average Bonchev–Trinajstić information content (AvgIpc) is 2.47. The number of likely N-dealkylation sites (tertiary alicyclic amines) is 1. The number of rotatable bonds is 5. The zero-order valence-corrected chi connectivity index (χ0v) is 12.8. The molecule has 0 aromatic heterocycles. The number of carbonyl (C=O) groups excluding carboxylic acids is 1. The Morgan fingerprint density at radius 1 is 1.48 bits per heavy atom. The van der Waals surface area contributed by atoms with Gasteiger partial charge >= 0.3 is 0 Å². The molecule has 116 valence electrons. The highest BCUT2D eigenvalue weighted by Gasteiger charge is 2.26. The molecule has 0 aliphatic carbocycles. The number of nitrogens with zero attached hydrogens (tertiary/aromatic N) is 1. The standard InChI is InChI=1S/C16H25N3O2/c1-12(19-8-6-13(7-9-19)11-21-2)16(20)18-15-5-3-4-14(17)10-15/h3-5,10,12-13H,6-9,11,17H2,1-2H3,(H,18,20). The molecule has 1 aliphatic heterocycles. The van der Waals surface area contributed by atoms with Crippen LogP contribution >= 0.6 is 0 Å². The predicted molar refractivity (Wildman–Crippen MR) is 85.1 cm³/mol. The summed E-state index contributed by atoms with van der Waals surface area (Å²) in [5, 5.41) is 2.93. The zero-order valence-electron chi connectivity index (χ0n) is 12.8. The quantitative estimate of drug-likeness (QED) is 0.814. The average molecular weight is 291 g/mol. The van der Waals surface area contributed by atoms with Crippen molar-refractivity contribution in [3.05, 3.63) is 24.3 Å². The van der Waals surface area contributed by atoms with Crippen molar-refractivity contribution in [3.63, 3.8) is 0 Å². The van der Waals surface area contributed by atoms with Gasteiger partial charge < -0.3 is 15.8 Å². The third-order valence-electron chi connectivity index (χ3n) is 4.13. The monoisotopic (exact) mass is 291 g/mol. The summed E-state index contributed by atoms with van der Waals surface area (Å²) in [5.74, 6) is 0.640. The molecule has 1 heterocycles. The first kappa shape index (κ1) is 15.8. The number of hydrogen-bond acceptors (Lipinski definition) is 4. The number of benzene rings is 1. The lowest BCUT2D eigenvalue weighted by Crippen LogP contribution is -2.46. The fourth-order valence-corrected chi connectivity index (χ4v) is 2.77. The minimum atomic E-state index is -0.130. The van der Waals surface area contributed by atoms with Crippen molar-refractivity contribution >= 4 is 17.3 Å². The van der Waals surface area contributed by atoms with Crippen LogP contribution in [0.2, 0.25) is 0 Å². The van der Waals surface area contributed by atoms with E-state index in [-0.39, 0.29) is 11.9 Å². The van der Waals surface area contributed by atoms with E-state index in [1.54, 1.807) is 19.2 Å². The molecule has 1 aliphatic rings. The molecule has 1 aromatic rings. The summed E-state index contributed by atoms with van der Waals surface area (Å²) in [4.78, 5) is 14.5. The van der Waals surface area contributed by atoms with Gasteiger partial charge in [-0.2, -0.15) is 0 Å². The molecule has 0 radical (unpaired) electrons. The fourth-order valence-electron chi connectivity index (χ4n) is 2.77. The van der Waals surface area contributed by atoms with Crippen molar-refractivity contribution < 1.29 is 9.53 Å². The molecule has 1 amide bonds. The van der Waals surface area contributed by atoms with Gasteiger partial charge in [0.1, 0.15) is 0 Å². The van der Waals surface area contributed by atoms with Gasteiger partial charge in [-0.15, -0.1) is 0 Å². The molecule has 21 heavy (non-hydrogen) atoms. The Hall–Kier alpha value is -1.59. The molecular formula is C16H25N3O2. The van der Waals surface area contributed by atoms with Crippen LogP contribution < -0.4 is 11.1 Å². The number of piperidine rings is 1. The van der Waals surface area contributed by atoms with Crippen LogP contribution in [0.4, 0.5) is 11.4 Å². The summed E-state index contributed by atoms with van der Waals surface area (Å²) in [6, 6.07) is 7.14. The van der Waals surface area contributed by atoms with Crippen molar-refractivity contribution in [1.29, 1.82) is 0 Å². The maximum absolute atomic E-state index is 12.3. The number of nitrogen functional groups attached to an aromatic ring is 1. The Labute approximate surface area is 126 Å². The fraction of sp³-hybridized carbons (Fsp3) is 0.562. The molecule has 0 spiro atoms. The Morgan fingerprint density at radius 3 is 2.81 bits per heavy atom. The molecule has 0 bridgehead atoms. The van der Waals surface area contributed by atoms with E-state index in [9.17, 15) is 4.79 Å². The minimum Gasteiger partial charge on any atom is -0.399 e. The second-order valence-electron chi connectivity index (χ2n) is 5.73. The topological polar surface area (TPSA) is 67.6 Å². The molecule has 2 rings (SSSR count). The molecule has 1 aromatic carbocycles. The summed E-state index contributed by atoms with van der Waals surface area (Å²) >= 11 is 0. The van der Waals surface area contributed by atoms with Crippen molar-refractivity contribution in [2.45, 2.75) is 25.8 Å². The lowest BCUT2D eigenvalue weighted by molar-refractivity contribution is -0.121. The van der Waals surface area contributed by atoms with Gasteiger partial charge in [-0.1, -0.05) is 6.07 Å². The Balaban J connectivity index is 1.85. The smallest absolute Gasteiger partial charge is 0.241 e. The first-order valence-electron chi connectivity index (χ1n) is 7.49. The van der Waals surface area contributed by atoms with Gasteiger partial charge in [-0.05, 0) is 57.0 Å². The van der Waals surface area contributed by atoms with Crippen molar-refractivity contribution in [1.82, 2.24) is 4.90 Å². The molecule has 0 saturated carbocycles. The van der Waals surface area contributed by atoms with E-state index in [1.807, 2.05) is 19.1 Å². The lowest BCUT2D eigenvalue weighted by atomic mass is 9.96. The summed E-state index contributed by atoms with van der Waals surface area (Å²) in [5.41, 5.74) is 7.13. The number of ether oxygens (including phenoxy) is 1. The molecule has 1 unspecified atom stereocenters. The highest BCUT2D eigenvalue weighted by molar-refractivity contribution is 5.94. The maximum Gasteiger partial charge on any atom is 0.241 e. The first-order valence-corrected chi connectivity index (χ1v) is 7.49. The van der Waals surface area contributed by atoms with E-state index < -0.39 is 0 Å². The molecule has 1 saturated heterocycles. The minimum absolute atomic E-state index is 0.0193. The highest BCUT2D eigenvalue weighted by Crippen LogP contribution is 2.20. The Bertz CT molecular complexity index is 470. The van der Waals surface area contributed by atoms with Gasteiger partial charge in [-0.3, -0.25) is 9.69 Å². The van der Waals surface area contributed by atoms with Crippen LogP contribution in [0, 0.1) is 5.92 Å². The summed E-state index contributed by atoms with van der Waals surface area (Å²) < 4.78 is 5.21. The Kier molecular flexibility index (Phi) is 5.59. The molecule has 5 heteroatoms. The van der Waals surface area contributed by atoms with Crippen LogP contribution in [0.15, 0.2) is 24.3 Å². The molecule has 5 nitrogen and oxygen atoms in total. The zero-order chi connectivity index (χ0) is 15.2. The second kappa shape index (κ2) is 7.43. The van der Waals surface area contributed by atoms with Gasteiger partial charge in [0.05, 0.1) is 6.04 Å². The van der Waals surface area contributed by atoms with Crippen LogP contribution in [0.5, 0.6) is 0 Å². The first-order chi connectivity index (χ1) is 10.1. The van der Waals surface area contributed by atoms with Gasteiger partial charge in [-0.25, -0.2) is 0 Å². The van der Waals surface area contributed by atoms with Crippen LogP contribution in [0.3, 0.4) is 0 Å². The van der Waals surface area contributed by atoms with E-state index >= 15 is 0 Å². The number of methoxy groups -OCH3 is 1. The SMILES string of the molecule is COCC1CCN(C(C)C(=O)Nc2cccc(N)c2)CC1. The third-order valence-corrected chi connectivity index (χ3v) is 4.13.